The number of carboxylic acids is 1. The van der Waals surface area contributed by atoms with E-state index in [1.807, 2.05) is 0 Å². The first-order chi connectivity index (χ1) is 14.1. The van der Waals surface area contributed by atoms with E-state index >= 15 is 0 Å². The van der Waals surface area contributed by atoms with Crippen LogP contribution in [0, 0.1) is 5.92 Å². The topological polar surface area (TPSA) is 124 Å². The van der Waals surface area contributed by atoms with Crippen LogP contribution in [0.3, 0.4) is 0 Å². The second kappa shape index (κ2) is 9.94. The van der Waals surface area contributed by atoms with Crippen LogP contribution in [0.15, 0.2) is 58.3 Å². The number of hydrogen-bond acceptors (Lipinski definition) is 7. The van der Waals surface area contributed by atoms with Gasteiger partial charge in [-0.2, -0.15) is 0 Å². The monoisotopic (exact) mass is 456 g/mol. The third-order valence-corrected chi connectivity index (χ3v) is 8.22. The Labute approximate surface area is 176 Å². The molecule has 1 atom stereocenters. The highest BCUT2D eigenvalue weighted by molar-refractivity contribution is 7.91. The SMILES string of the molecule is COc1ccc(S(=O)(=O)CCCC(CS(=O)(=O)c2ccc(OC)cc2)C(=O)O)cc1. The molecule has 0 spiro atoms. The lowest BCUT2D eigenvalue weighted by Gasteiger charge is -2.13. The molecule has 2 aromatic carbocycles. The van der Waals surface area contributed by atoms with Gasteiger partial charge >= 0.3 is 5.97 Å². The van der Waals surface area contributed by atoms with Crippen molar-refractivity contribution < 1.29 is 36.2 Å². The van der Waals surface area contributed by atoms with Gasteiger partial charge in [-0.25, -0.2) is 16.8 Å². The summed E-state index contributed by atoms with van der Waals surface area (Å²) in [5.74, 6) is -2.41. The lowest BCUT2D eigenvalue weighted by atomic mass is 10.1. The van der Waals surface area contributed by atoms with E-state index in [0.29, 0.717) is 11.5 Å². The zero-order valence-corrected chi connectivity index (χ0v) is 18.3. The fourth-order valence-corrected chi connectivity index (χ4v) is 5.76. The molecule has 0 heterocycles. The maximum Gasteiger partial charge on any atom is 0.307 e. The summed E-state index contributed by atoms with van der Waals surface area (Å²) in [6.07, 6.45) is -0.0659. The molecule has 30 heavy (non-hydrogen) atoms. The number of aliphatic carboxylic acids is 1. The van der Waals surface area contributed by atoms with Crippen LogP contribution < -0.4 is 9.47 Å². The van der Waals surface area contributed by atoms with Gasteiger partial charge < -0.3 is 14.6 Å². The summed E-state index contributed by atoms with van der Waals surface area (Å²) in [5.41, 5.74) is 0. The van der Waals surface area contributed by atoms with Gasteiger partial charge in [0.25, 0.3) is 0 Å². The molecule has 0 fully saturated rings. The maximum atomic E-state index is 12.6. The Morgan fingerprint density at radius 3 is 1.67 bits per heavy atom. The summed E-state index contributed by atoms with van der Waals surface area (Å²) < 4.78 is 59.9. The van der Waals surface area contributed by atoms with Gasteiger partial charge in [0.1, 0.15) is 11.5 Å². The van der Waals surface area contributed by atoms with Gasteiger partial charge in [0.15, 0.2) is 19.7 Å². The summed E-state index contributed by atoms with van der Waals surface area (Å²) in [6.45, 7) is 0. The van der Waals surface area contributed by atoms with Crippen LogP contribution in [0.5, 0.6) is 11.5 Å². The molecule has 0 saturated heterocycles. The van der Waals surface area contributed by atoms with Crippen molar-refractivity contribution in [1.29, 1.82) is 0 Å². The predicted octanol–water partition coefficient (Wildman–Crippen LogP) is 2.43. The molecular weight excluding hydrogens is 432 g/mol. The first kappa shape index (κ1) is 23.7. The van der Waals surface area contributed by atoms with E-state index in [1.165, 1.54) is 62.8 Å². The Balaban J connectivity index is 2.03. The standard InChI is InChI=1S/C20H24O8S2/c1-27-16-5-9-18(10-6-16)29(23,24)13-3-4-15(20(21)22)14-30(25,26)19-11-7-17(28-2)8-12-19/h5-12,15H,3-4,13-14H2,1-2H3,(H,21,22). The minimum absolute atomic E-state index is 0.0135. The molecular formula is C20H24O8S2. The summed E-state index contributed by atoms with van der Waals surface area (Å²) in [6, 6.07) is 11.5. The number of sulfone groups is 2. The van der Waals surface area contributed by atoms with Gasteiger partial charge in [-0.1, -0.05) is 0 Å². The van der Waals surface area contributed by atoms with E-state index in [2.05, 4.69) is 0 Å². The highest BCUT2D eigenvalue weighted by Gasteiger charge is 2.27. The van der Waals surface area contributed by atoms with Gasteiger partial charge in [-0.05, 0) is 61.4 Å². The summed E-state index contributed by atoms with van der Waals surface area (Å²) in [5, 5.41) is 9.42. The van der Waals surface area contributed by atoms with Crippen molar-refractivity contribution in [3.63, 3.8) is 0 Å². The molecule has 0 amide bonds. The predicted molar refractivity (Wildman–Crippen MR) is 110 cm³/mol. The summed E-state index contributed by atoms with van der Waals surface area (Å²) in [7, 11) is -4.56. The van der Waals surface area contributed by atoms with E-state index in [0.717, 1.165) is 0 Å². The molecule has 2 aromatic rings. The Kier molecular flexibility index (Phi) is 7.85. The number of hydrogen-bond donors (Lipinski definition) is 1. The Morgan fingerprint density at radius 1 is 0.833 bits per heavy atom. The first-order valence-corrected chi connectivity index (χ1v) is 12.4. The molecule has 1 unspecified atom stereocenters. The van der Waals surface area contributed by atoms with Crippen LogP contribution >= 0.6 is 0 Å². The van der Waals surface area contributed by atoms with E-state index < -0.39 is 37.3 Å². The number of methoxy groups -OCH3 is 2. The Morgan fingerprint density at radius 2 is 1.27 bits per heavy atom. The largest absolute Gasteiger partial charge is 0.497 e. The van der Waals surface area contributed by atoms with Crippen LogP contribution in [0.2, 0.25) is 0 Å². The second-order valence-corrected chi connectivity index (χ2v) is 10.8. The van der Waals surface area contributed by atoms with Crippen LogP contribution in [0.1, 0.15) is 12.8 Å². The van der Waals surface area contributed by atoms with Gasteiger partial charge in [0.2, 0.25) is 0 Å². The zero-order valence-electron chi connectivity index (χ0n) is 16.6. The fourth-order valence-electron chi connectivity index (χ4n) is 2.84. The number of benzene rings is 2. The maximum absolute atomic E-state index is 12.6. The lowest BCUT2D eigenvalue weighted by molar-refractivity contribution is -0.141. The lowest BCUT2D eigenvalue weighted by Crippen LogP contribution is -2.24. The molecule has 0 saturated carbocycles. The van der Waals surface area contributed by atoms with Crippen molar-refractivity contribution in [2.75, 3.05) is 25.7 Å². The van der Waals surface area contributed by atoms with E-state index in [9.17, 15) is 26.7 Å². The van der Waals surface area contributed by atoms with Crippen molar-refractivity contribution in [2.45, 2.75) is 22.6 Å². The third kappa shape index (κ3) is 6.20. The van der Waals surface area contributed by atoms with Crippen LogP contribution in [0.4, 0.5) is 0 Å². The first-order valence-electron chi connectivity index (χ1n) is 9.05. The van der Waals surface area contributed by atoms with Crippen molar-refractivity contribution in [1.82, 2.24) is 0 Å². The summed E-state index contributed by atoms with van der Waals surface area (Å²) in [4.78, 5) is 11.6. The molecule has 0 aliphatic heterocycles. The van der Waals surface area contributed by atoms with Crippen molar-refractivity contribution in [2.24, 2.45) is 5.92 Å². The Hall–Kier alpha value is -2.59. The number of carboxylic acid groups (broad SMARTS) is 1. The molecule has 2 rings (SSSR count). The molecule has 164 valence electrons. The summed E-state index contributed by atoms with van der Waals surface area (Å²) >= 11 is 0. The average molecular weight is 457 g/mol. The smallest absolute Gasteiger partial charge is 0.307 e. The van der Waals surface area contributed by atoms with Gasteiger partial charge in [0.05, 0.1) is 41.4 Å². The fraction of sp³-hybridized carbons (Fsp3) is 0.350. The van der Waals surface area contributed by atoms with Crippen molar-refractivity contribution in [3.8, 4) is 11.5 Å². The molecule has 1 N–H and O–H groups in total. The quantitative estimate of drug-likeness (QED) is 0.547. The van der Waals surface area contributed by atoms with Gasteiger partial charge in [-0.3, -0.25) is 4.79 Å². The molecule has 0 radical (unpaired) electrons. The van der Waals surface area contributed by atoms with Gasteiger partial charge in [-0.15, -0.1) is 0 Å². The molecule has 0 bridgehead atoms. The van der Waals surface area contributed by atoms with E-state index in [-0.39, 0.29) is 28.4 Å². The minimum Gasteiger partial charge on any atom is -0.497 e. The highest BCUT2D eigenvalue weighted by atomic mass is 32.2. The van der Waals surface area contributed by atoms with Crippen LogP contribution in [0.25, 0.3) is 0 Å². The van der Waals surface area contributed by atoms with Crippen molar-refractivity contribution >= 4 is 25.6 Å². The molecule has 0 aliphatic rings. The second-order valence-electron chi connectivity index (χ2n) is 6.63. The van der Waals surface area contributed by atoms with Crippen molar-refractivity contribution in [3.05, 3.63) is 48.5 Å². The third-order valence-electron chi connectivity index (χ3n) is 4.57. The van der Waals surface area contributed by atoms with Gasteiger partial charge in [0, 0.05) is 0 Å². The molecule has 0 aliphatic carbocycles. The molecule has 0 aromatic heterocycles. The highest BCUT2D eigenvalue weighted by Crippen LogP contribution is 2.22. The minimum atomic E-state index is -3.85. The number of rotatable bonds is 11. The molecule has 8 nitrogen and oxygen atoms in total. The number of ether oxygens (including phenoxy) is 2. The zero-order chi connectivity index (χ0) is 22.4. The van der Waals surface area contributed by atoms with E-state index in [1.54, 1.807) is 0 Å². The van der Waals surface area contributed by atoms with E-state index in [4.69, 9.17) is 9.47 Å². The van der Waals surface area contributed by atoms with Crippen LogP contribution in [-0.4, -0.2) is 53.6 Å². The average Bonchev–Trinajstić information content (AvgIpc) is 2.72. The Bertz CT molecular complexity index is 1060. The normalized spacial score (nSPS) is 12.9. The molecule has 10 heteroatoms. The van der Waals surface area contributed by atoms with Crippen LogP contribution in [-0.2, 0) is 24.5 Å². The number of carbonyl (C=O) groups is 1.